The molecule has 3 aromatic rings. The normalized spacial score (nSPS) is 11.1. The highest BCUT2D eigenvalue weighted by Gasteiger charge is 2.12. The highest BCUT2D eigenvalue weighted by Crippen LogP contribution is 2.17. The molecule has 28 heavy (non-hydrogen) atoms. The van der Waals surface area contributed by atoms with Crippen LogP contribution >= 0.6 is 15.9 Å². The molecule has 0 aliphatic rings. The number of fused-ring (bicyclic) bond motifs is 1. The largest absolute Gasteiger partial charge is 0.462 e. The Morgan fingerprint density at radius 2 is 2.04 bits per heavy atom. The molecule has 0 radical (unpaired) electrons. The van der Waals surface area contributed by atoms with Crippen LogP contribution in [0.4, 0.5) is 5.69 Å². The number of hydrogen-bond acceptors (Lipinski definition) is 5. The van der Waals surface area contributed by atoms with E-state index in [0.29, 0.717) is 22.6 Å². The predicted molar refractivity (Wildman–Crippen MR) is 108 cm³/mol. The quantitative estimate of drug-likeness (QED) is 0.371. The van der Waals surface area contributed by atoms with E-state index < -0.39 is 11.9 Å². The number of hydrogen-bond donors (Lipinski definition) is 1. The summed E-state index contributed by atoms with van der Waals surface area (Å²) in [5.41, 5.74) is 2.06. The van der Waals surface area contributed by atoms with Crippen molar-refractivity contribution in [1.82, 2.24) is 9.38 Å². The molecule has 0 aliphatic heterocycles. The number of amides is 1. The molecule has 1 N–H and O–H groups in total. The van der Waals surface area contributed by atoms with Gasteiger partial charge >= 0.3 is 5.97 Å². The molecule has 3 rings (SSSR count). The third-order valence-electron chi connectivity index (χ3n) is 3.81. The molecule has 2 aromatic heterocycles. The van der Waals surface area contributed by atoms with Gasteiger partial charge in [-0.15, -0.1) is 0 Å². The summed E-state index contributed by atoms with van der Waals surface area (Å²) in [6.07, 6.45) is 4.85. The van der Waals surface area contributed by atoms with Gasteiger partial charge in [0.05, 0.1) is 24.1 Å². The summed E-state index contributed by atoms with van der Waals surface area (Å²) in [6.45, 7) is 2.01. The van der Waals surface area contributed by atoms with Crippen LogP contribution < -0.4 is 5.32 Å². The molecule has 0 saturated carbocycles. The van der Waals surface area contributed by atoms with E-state index in [9.17, 15) is 14.9 Å². The number of anilines is 1. The van der Waals surface area contributed by atoms with Gasteiger partial charge in [-0.05, 0) is 65.3 Å². The third kappa shape index (κ3) is 4.27. The van der Waals surface area contributed by atoms with E-state index >= 15 is 0 Å². The summed E-state index contributed by atoms with van der Waals surface area (Å²) in [5.74, 6) is -0.993. The average molecular weight is 439 g/mol. The van der Waals surface area contributed by atoms with E-state index in [1.54, 1.807) is 48.0 Å². The Bertz CT molecular complexity index is 1110. The van der Waals surface area contributed by atoms with E-state index in [-0.39, 0.29) is 12.2 Å². The standard InChI is InChI=1S/C20H15BrN4O3/c1-2-28-20(27)13-3-6-16(7-4-13)24-19(26)14(10-22)9-17-11-23-18-8-5-15(21)12-25(17)18/h3-9,11-12H,2H2,1H3,(H,24,26)/b14-9-. The van der Waals surface area contributed by atoms with Gasteiger partial charge in [0.2, 0.25) is 0 Å². The Morgan fingerprint density at radius 3 is 2.71 bits per heavy atom. The van der Waals surface area contributed by atoms with Gasteiger partial charge in [-0.2, -0.15) is 5.26 Å². The van der Waals surface area contributed by atoms with Gasteiger partial charge in [-0.3, -0.25) is 9.20 Å². The minimum Gasteiger partial charge on any atom is -0.462 e. The van der Waals surface area contributed by atoms with Gasteiger partial charge in [0.25, 0.3) is 5.91 Å². The monoisotopic (exact) mass is 438 g/mol. The number of carbonyl (C=O) groups excluding carboxylic acids is 2. The highest BCUT2D eigenvalue weighted by atomic mass is 79.9. The molecule has 0 spiro atoms. The number of ether oxygens (including phenoxy) is 1. The van der Waals surface area contributed by atoms with Crippen LogP contribution in [-0.4, -0.2) is 27.9 Å². The first kappa shape index (κ1) is 19.3. The van der Waals surface area contributed by atoms with Gasteiger partial charge in [0.1, 0.15) is 17.3 Å². The molecular formula is C20H15BrN4O3. The van der Waals surface area contributed by atoms with Crippen molar-refractivity contribution in [2.24, 2.45) is 0 Å². The van der Waals surface area contributed by atoms with Crippen molar-refractivity contribution in [3.63, 3.8) is 0 Å². The van der Waals surface area contributed by atoms with E-state index in [1.807, 2.05) is 18.2 Å². The lowest BCUT2D eigenvalue weighted by Gasteiger charge is -2.06. The number of aromatic nitrogens is 2. The summed E-state index contributed by atoms with van der Waals surface area (Å²) >= 11 is 3.39. The number of rotatable bonds is 5. The number of nitriles is 1. The van der Waals surface area contributed by atoms with Crippen LogP contribution in [-0.2, 0) is 9.53 Å². The van der Waals surface area contributed by atoms with E-state index in [1.165, 1.54) is 6.08 Å². The lowest BCUT2D eigenvalue weighted by Crippen LogP contribution is -2.14. The number of pyridine rings is 1. The van der Waals surface area contributed by atoms with Crippen molar-refractivity contribution in [2.45, 2.75) is 6.92 Å². The first-order valence-corrected chi connectivity index (χ1v) is 9.14. The summed E-state index contributed by atoms with van der Waals surface area (Å²) < 4.78 is 7.53. The first-order valence-electron chi connectivity index (χ1n) is 8.34. The molecule has 0 saturated heterocycles. The zero-order chi connectivity index (χ0) is 20.1. The van der Waals surface area contributed by atoms with Crippen LogP contribution in [0.5, 0.6) is 0 Å². The predicted octanol–water partition coefficient (Wildman–Crippen LogP) is 3.82. The van der Waals surface area contributed by atoms with E-state index in [0.717, 1.165) is 4.47 Å². The zero-order valence-electron chi connectivity index (χ0n) is 14.8. The molecule has 1 aromatic carbocycles. The highest BCUT2D eigenvalue weighted by molar-refractivity contribution is 9.10. The summed E-state index contributed by atoms with van der Waals surface area (Å²) in [7, 11) is 0. The number of esters is 1. The molecule has 0 fully saturated rings. The molecule has 0 unspecified atom stereocenters. The lowest BCUT2D eigenvalue weighted by atomic mass is 10.2. The van der Waals surface area contributed by atoms with Gasteiger partial charge < -0.3 is 10.1 Å². The molecule has 2 heterocycles. The first-order chi connectivity index (χ1) is 13.5. The van der Waals surface area contributed by atoms with Crippen LogP contribution in [0.15, 0.2) is 58.8 Å². The van der Waals surface area contributed by atoms with Gasteiger partial charge in [-0.1, -0.05) is 0 Å². The van der Waals surface area contributed by atoms with Crippen LogP contribution in [0.3, 0.4) is 0 Å². The van der Waals surface area contributed by atoms with Gasteiger partial charge in [0, 0.05) is 16.4 Å². The Hall–Kier alpha value is -3.44. The molecule has 140 valence electrons. The van der Waals surface area contributed by atoms with Crippen molar-refractivity contribution in [1.29, 1.82) is 5.26 Å². The molecule has 0 bridgehead atoms. The maximum absolute atomic E-state index is 12.5. The van der Waals surface area contributed by atoms with Crippen molar-refractivity contribution in [3.05, 3.63) is 70.1 Å². The molecular weight excluding hydrogens is 424 g/mol. The maximum Gasteiger partial charge on any atom is 0.338 e. The number of nitrogens with one attached hydrogen (secondary N) is 1. The Kier molecular flexibility index (Phi) is 5.87. The molecule has 0 aliphatic carbocycles. The van der Waals surface area contributed by atoms with Crippen molar-refractivity contribution < 1.29 is 14.3 Å². The summed E-state index contributed by atoms with van der Waals surface area (Å²) in [6, 6.07) is 11.8. The molecule has 7 nitrogen and oxygen atoms in total. The molecule has 0 atom stereocenters. The van der Waals surface area contributed by atoms with E-state index in [2.05, 4.69) is 26.2 Å². The SMILES string of the molecule is CCOC(=O)c1ccc(NC(=O)/C(C#N)=C\c2cnc3ccc(Br)cn23)cc1. The summed E-state index contributed by atoms with van der Waals surface area (Å²) in [4.78, 5) is 28.4. The number of nitrogens with zero attached hydrogens (tertiary/aromatic N) is 3. The van der Waals surface area contributed by atoms with Crippen molar-refractivity contribution >= 4 is 45.2 Å². The fourth-order valence-electron chi connectivity index (χ4n) is 2.48. The number of imidazole rings is 1. The average Bonchev–Trinajstić information content (AvgIpc) is 3.08. The molecule has 1 amide bonds. The number of halogens is 1. The van der Waals surface area contributed by atoms with Crippen LogP contribution in [0.1, 0.15) is 23.0 Å². The maximum atomic E-state index is 12.5. The topological polar surface area (TPSA) is 96.5 Å². The minimum absolute atomic E-state index is 0.0729. The number of carbonyl (C=O) groups is 2. The van der Waals surface area contributed by atoms with Crippen molar-refractivity contribution in [3.8, 4) is 6.07 Å². The fourth-order valence-corrected chi connectivity index (χ4v) is 2.82. The van der Waals surface area contributed by atoms with E-state index in [4.69, 9.17) is 4.74 Å². The summed E-state index contributed by atoms with van der Waals surface area (Å²) in [5, 5.41) is 12.0. The minimum atomic E-state index is -0.559. The molecule has 8 heteroatoms. The lowest BCUT2D eigenvalue weighted by molar-refractivity contribution is -0.112. The second-order valence-electron chi connectivity index (χ2n) is 5.68. The fraction of sp³-hybridized carbons (Fsp3) is 0.100. The van der Waals surface area contributed by atoms with Crippen LogP contribution in [0.25, 0.3) is 11.7 Å². The van der Waals surface area contributed by atoms with Gasteiger partial charge in [-0.25, -0.2) is 9.78 Å². The zero-order valence-corrected chi connectivity index (χ0v) is 16.4. The van der Waals surface area contributed by atoms with Gasteiger partial charge in [0.15, 0.2) is 0 Å². The second kappa shape index (κ2) is 8.50. The van der Waals surface area contributed by atoms with Crippen molar-refractivity contribution in [2.75, 3.05) is 11.9 Å². The third-order valence-corrected chi connectivity index (χ3v) is 4.28. The van der Waals surface area contributed by atoms with Crippen LogP contribution in [0.2, 0.25) is 0 Å². The smallest absolute Gasteiger partial charge is 0.338 e. The second-order valence-corrected chi connectivity index (χ2v) is 6.60. The Labute approximate surface area is 169 Å². The number of benzene rings is 1. The van der Waals surface area contributed by atoms with Crippen LogP contribution in [0, 0.1) is 11.3 Å². The Balaban J connectivity index is 1.80. The Morgan fingerprint density at radius 1 is 1.29 bits per heavy atom.